The molecule has 3 aliphatic rings. The zero-order valence-corrected chi connectivity index (χ0v) is 25.1. The third-order valence-corrected chi connectivity index (χ3v) is 7.08. The number of fused-ring (bicyclic) bond motifs is 15. The Bertz CT molecular complexity index is 1120. The van der Waals surface area contributed by atoms with E-state index in [0.717, 1.165) is 24.0 Å². The van der Waals surface area contributed by atoms with Gasteiger partial charge in [0.2, 0.25) is 17.7 Å². The molecule has 0 spiro atoms. The van der Waals surface area contributed by atoms with Gasteiger partial charge in [-0.05, 0) is 55.0 Å². The largest absolute Gasteiger partial charge is 0.493 e. The van der Waals surface area contributed by atoms with Crippen LogP contribution in [-0.4, -0.2) is 79.6 Å². The van der Waals surface area contributed by atoms with Crippen molar-refractivity contribution in [1.82, 2.24) is 25.8 Å². The van der Waals surface area contributed by atoms with Crippen molar-refractivity contribution in [1.29, 1.82) is 0 Å². The Kier molecular flexibility index (Phi) is 14.7. The maximum atomic E-state index is 13.0. The second kappa shape index (κ2) is 17.7. The molecule has 0 unspecified atom stereocenters. The van der Waals surface area contributed by atoms with Crippen molar-refractivity contribution in [3.05, 3.63) is 53.9 Å². The Morgan fingerprint density at radius 3 is 2.66 bits per heavy atom. The SMILES string of the molecule is COc1cc2ccc1O[C@@H]1CN[C@@H](C1)C(=O)NCCCCN(C(=O)Cc1cccnc1)CCCNC(=O)CC2.Cl.Cl. The number of methoxy groups -OCH3 is 1. The van der Waals surface area contributed by atoms with Gasteiger partial charge in [0.25, 0.3) is 0 Å². The number of halogens is 2. The van der Waals surface area contributed by atoms with Crippen molar-refractivity contribution < 1.29 is 23.9 Å². The molecule has 2 aromatic rings. The van der Waals surface area contributed by atoms with Crippen LogP contribution >= 0.6 is 24.8 Å². The van der Waals surface area contributed by atoms with E-state index in [1.54, 1.807) is 19.5 Å². The lowest BCUT2D eigenvalue weighted by Crippen LogP contribution is -2.41. The van der Waals surface area contributed by atoms with Crippen LogP contribution in [0.1, 0.15) is 43.2 Å². The highest BCUT2D eigenvalue weighted by atomic mass is 35.5. The molecule has 1 aromatic heterocycles. The van der Waals surface area contributed by atoms with Gasteiger partial charge >= 0.3 is 0 Å². The van der Waals surface area contributed by atoms with Crippen LogP contribution in [0.5, 0.6) is 11.5 Å². The average Bonchev–Trinajstić information content (AvgIpc) is 3.42. The van der Waals surface area contributed by atoms with E-state index in [0.29, 0.717) is 69.9 Å². The summed E-state index contributed by atoms with van der Waals surface area (Å²) < 4.78 is 11.7. The molecule has 10 nitrogen and oxygen atoms in total. The van der Waals surface area contributed by atoms with Gasteiger partial charge in [-0.3, -0.25) is 19.4 Å². The molecule has 0 aliphatic carbocycles. The molecule has 1 saturated heterocycles. The number of hydrogen-bond donors (Lipinski definition) is 3. The lowest BCUT2D eigenvalue weighted by molar-refractivity contribution is -0.130. The smallest absolute Gasteiger partial charge is 0.237 e. The fourth-order valence-electron chi connectivity index (χ4n) is 4.89. The van der Waals surface area contributed by atoms with Gasteiger partial charge in [0.15, 0.2) is 11.5 Å². The monoisotopic (exact) mass is 609 g/mol. The van der Waals surface area contributed by atoms with E-state index in [9.17, 15) is 14.4 Å². The molecule has 5 rings (SSSR count). The zero-order chi connectivity index (χ0) is 27.5. The third kappa shape index (κ3) is 10.7. The molecule has 4 bridgehead atoms. The standard InChI is InChI=1S/C29H39N5O5.2ClH/c1-38-26-16-21-7-9-25(26)39-23-18-24(33-20-23)29(37)32-12-2-3-14-34(15-5-13-31-27(35)10-8-21)28(36)17-22-6-4-11-30-19-22;;/h4,6-7,9,11,16,19,23-24,33H,2-3,5,8,10,12-15,17-18,20H2,1H3,(H,31,35)(H,32,37);2*1H/t23-,24-;;/m0../s1. The number of aromatic nitrogens is 1. The summed E-state index contributed by atoms with van der Waals surface area (Å²) in [4.78, 5) is 44.2. The summed E-state index contributed by atoms with van der Waals surface area (Å²) in [5.74, 6) is 1.21. The molecule has 3 aliphatic heterocycles. The molecule has 226 valence electrons. The van der Waals surface area contributed by atoms with Crippen LogP contribution in [-0.2, 0) is 27.2 Å². The topological polar surface area (TPSA) is 122 Å². The Morgan fingerprint density at radius 2 is 1.88 bits per heavy atom. The molecule has 12 heteroatoms. The Morgan fingerprint density at radius 1 is 1.07 bits per heavy atom. The molecular formula is C29H41Cl2N5O5. The van der Waals surface area contributed by atoms with Gasteiger partial charge in [0.05, 0.1) is 19.6 Å². The second-order valence-electron chi connectivity index (χ2n) is 10.0. The molecule has 1 fully saturated rings. The van der Waals surface area contributed by atoms with Crippen LogP contribution in [0.2, 0.25) is 0 Å². The Balaban J connectivity index is 0.00000294. The summed E-state index contributed by atoms with van der Waals surface area (Å²) in [6, 6.07) is 9.11. The van der Waals surface area contributed by atoms with Crippen molar-refractivity contribution in [2.75, 3.05) is 39.8 Å². The molecule has 3 amide bonds. The van der Waals surface area contributed by atoms with E-state index < -0.39 is 0 Å². The minimum atomic E-state index is -0.311. The first-order valence-corrected chi connectivity index (χ1v) is 13.8. The highest BCUT2D eigenvalue weighted by Crippen LogP contribution is 2.30. The number of carbonyl (C=O) groups is 3. The van der Waals surface area contributed by atoms with Gasteiger partial charge in [0.1, 0.15) is 6.10 Å². The lowest BCUT2D eigenvalue weighted by atomic mass is 10.1. The number of pyridine rings is 1. The van der Waals surface area contributed by atoms with Gasteiger partial charge in [0, 0.05) is 58.0 Å². The quantitative estimate of drug-likeness (QED) is 0.488. The molecule has 1 aromatic carbocycles. The van der Waals surface area contributed by atoms with Crippen molar-refractivity contribution in [2.45, 2.75) is 57.1 Å². The normalized spacial score (nSPS) is 20.6. The highest BCUT2D eigenvalue weighted by molar-refractivity contribution is 5.85. The molecule has 3 N–H and O–H groups in total. The predicted molar refractivity (Wildman–Crippen MR) is 161 cm³/mol. The van der Waals surface area contributed by atoms with E-state index >= 15 is 0 Å². The predicted octanol–water partition coefficient (Wildman–Crippen LogP) is 2.46. The first-order valence-electron chi connectivity index (χ1n) is 13.8. The fraction of sp³-hybridized carbons (Fsp3) is 0.517. The molecule has 2 atom stereocenters. The summed E-state index contributed by atoms with van der Waals surface area (Å²) in [6.45, 7) is 2.75. The molecular weight excluding hydrogens is 569 g/mol. The van der Waals surface area contributed by atoms with Gasteiger partial charge in [-0.1, -0.05) is 12.1 Å². The number of ether oxygens (including phenoxy) is 2. The Hall–Kier alpha value is -3.08. The number of hydrogen-bond acceptors (Lipinski definition) is 7. The summed E-state index contributed by atoms with van der Waals surface area (Å²) in [5, 5.41) is 9.24. The summed E-state index contributed by atoms with van der Waals surface area (Å²) in [5.41, 5.74) is 1.85. The molecule has 0 radical (unpaired) electrons. The second-order valence-corrected chi connectivity index (χ2v) is 10.0. The van der Waals surface area contributed by atoms with Crippen LogP contribution < -0.4 is 25.4 Å². The van der Waals surface area contributed by atoms with Crippen molar-refractivity contribution in [2.24, 2.45) is 0 Å². The van der Waals surface area contributed by atoms with E-state index in [1.165, 1.54) is 0 Å². The summed E-state index contributed by atoms with van der Waals surface area (Å²) >= 11 is 0. The van der Waals surface area contributed by atoms with Crippen molar-refractivity contribution >= 4 is 42.5 Å². The lowest BCUT2D eigenvalue weighted by Gasteiger charge is -2.23. The number of amides is 3. The van der Waals surface area contributed by atoms with Crippen molar-refractivity contribution in [3.8, 4) is 11.5 Å². The highest BCUT2D eigenvalue weighted by Gasteiger charge is 2.31. The number of nitrogens with zero attached hydrogens (tertiary/aromatic N) is 2. The van der Waals surface area contributed by atoms with Gasteiger partial charge in [-0.2, -0.15) is 0 Å². The minimum Gasteiger partial charge on any atom is -0.493 e. The van der Waals surface area contributed by atoms with Gasteiger partial charge in [-0.15, -0.1) is 24.8 Å². The number of carbonyl (C=O) groups excluding carboxylic acids is 3. The van der Waals surface area contributed by atoms with E-state index in [4.69, 9.17) is 9.47 Å². The van der Waals surface area contributed by atoms with E-state index in [-0.39, 0.29) is 61.1 Å². The van der Waals surface area contributed by atoms with Crippen LogP contribution in [0.25, 0.3) is 0 Å². The molecule has 4 heterocycles. The molecule has 41 heavy (non-hydrogen) atoms. The number of rotatable bonds is 3. The molecule has 0 saturated carbocycles. The van der Waals surface area contributed by atoms with Crippen LogP contribution in [0.4, 0.5) is 0 Å². The van der Waals surface area contributed by atoms with Crippen LogP contribution in [0, 0.1) is 0 Å². The minimum absolute atomic E-state index is 0. The third-order valence-electron chi connectivity index (χ3n) is 7.08. The van der Waals surface area contributed by atoms with E-state index in [2.05, 4.69) is 20.9 Å². The summed E-state index contributed by atoms with van der Waals surface area (Å²) in [6.07, 6.45) is 7.22. The summed E-state index contributed by atoms with van der Waals surface area (Å²) in [7, 11) is 1.59. The van der Waals surface area contributed by atoms with E-state index in [1.807, 2.05) is 35.2 Å². The maximum absolute atomic E-state index is 13.0. The zero-order valence-electron chi connectivity index (χ0n) is 23.4. The first-order chi connectivity index (χ1) is 19.0. The van der Waals surface area contributed by atoms with Crippen LogP contribution in [0.15, 0.2) is 42.7 Å². The maximum Gasteiger partial charge on any atom is 0.237 e. The number of nitrogens with one attached hydrogen (secondary N) is 3. The number of benzene rings is 1. The van der Waals surface area contributed by atoms with Gasteiger partial charge < -0.3 is 30.3 Å². The van der Waals surface area contributed by atoms with Crippen LogP contribution in [0.3, 0.4) is 0 Å². The average molecular weight is 611 g/mol. The first kappa shape index (κ1) is 34.1. The van der Waals surface area contributed by atoms with Gasteiger partial charge in [-0.25, -0.2) is 0 Å². The number of aryl methyl sites for hydroxylation is 1. The Labute approximate surface area is 254 Å². The fourth-order valence-corrected chi connectivity index (χ4v) is 4.89. The van der Waals surface area contributed by atoms with Crippen molar-refractivity contribution in [3.63, 3.8) is 0 Å².